The van der Waals surface area contributed by atoms with E-state index >= 15 is 0 Å². The van der Waals surface area contributed by atoms with Crippen LogP contribution < -0.4 is 5.32 Å². The lowest BCUT2D eigenvalue weighted by atomic mass is 9.84. The second-order valence-electron chi connectivity index (χ2n) is 6.79. The minimum absolute atomic E-state index is 0.131. The maximum Gasteiger partial charge on any atom is 0.329 e. The van der Waals surface area contributed by atoms with Gasteiger partial charge in [-0.1, -0.05) is 23.2 Å². The van der Waals surface area contributed by atoms with Crippen LogP contribution in [0, 0.1) is 0 Å². The van der Waals surface area contributed by atoms with Crippen LogP contribution in [-0.4, -0.2) is 30.7 Å². The van der Waals surface area contributed by atoms with Crippen molar-refractivity contribution in [3.63, 3.8) is 0 Å². The lowest BCUT2D eigenvalue weighted by Gasteiger charge is -2.34. The van der Waals surface area contributed by atoms with Crippen molar-refractivity contribution in [3.05, 3.63) is 27.7 Å². The van der Waals surface area contributed by atoms with Gasteiger partial charge in [0, 0.05) is 21.7 Å². The number of carbonyl (C=O) groups excluding carboxylic acids is 2. The Morgan fingerprint density at radius 3 is 2.54 bits per heavy atom. The first-order chi connectivity index (χ1) is 11.1. The summed E-state index contributed by atoms with van der Waals surface area (Å²) in [5.41, 5.74) is 0.817. The van der Waals surface area contributed by atoms with Crippen LogP contribution in [0.1, 0.15) is 45.1 Å². The lowest BCUT2D eigenvalue weighted by molar-refractivity contribution is -0.156. The molecule has 0 unspecified atom stereocenters. The predicted molar refractivity (Wildman–Crippen MR) is 93.7 cm³/mol. The number of hydrogen-bond donors (Lipinski definition) is 1. The lowest BCUT2D eigenvalue weighted by Crippen LogP contribution is -2.40. The molecule has 0 fully saturated rings. The maximum atomic E-state index is 12.4. The zero-order valence-corrected chi connectivity index (χ0v) is 15.6. The molecule has 7 heteroatoms. The van der Waals surface area contributed by atoms with Crippen molar-refractivity contribution < 1.29 is 19.1 Å². The molecule has 0 aromatic heterocycles. The predicted octanol–water partition coefficient (Wildman–Crippen LogP) is 4.17. The van der Waals surface area contributed by atoms with Crippen LogP contribution in [0.5, 0.6) is 0 Å². The van der Waals surface area contributed by atoms with Crippen molar-refractivity contribution in [2.45, 2.75) is 51.2 Å². The summed E-state index contributed by atoms with van der Waals surface area (Å²) in [6, 6.07) is 2.74. The van der Waals surface area contributed by atoms with Gasteiger partial charge < -0.3 is 14.8 Å². The molecule has 0 saturated heterocycles. The van der Waals surface area contributed by atoms with Crippen molar-refractivity contribution in [2.75, 3.05) is 12.4 Å². The Bertz CT molecular complexity index is 655. The highest BCUT2D eigenvalue weighted by atomic mass is 35.5. The van der Waals surface area contributed by atoms with E-state index in [1.165, 1.54) is 7.11 Å². The van der Waals surface area contributed by atoms with Crippen molar-refractivity contribution in [2.24, 2.45) is 0 Å². The molecule has 1 N–H and O–H groups in total. The van der Waals surface area contributed by atoms with E-state index in [0.29, 0.717) is 22.2 Å². The Morgan fingerprint density at radius 2 is 1.96 bits per heavy atom. The molecule has 132 valence electrons. The minimum Gasteiger partial charge on any atom is -0.469 e. The molecule has 2 atom stereocenters. The van der Waals surface area contributed by atoms with Crippen molar-refractivity contribution in [1.82, 2.24) is 0 Å². The van der Waals surface area contributed by atoms with E-state index in [1.807, 2.05) is 0 Å². The van der Waals surface area contributed by atoms with Crippen LogP contribution >= 0.6 is 23.2 Å². The summed E-state index contributed by atoms with van der Waals surface area (Å²) in [6.45, 7) is 5.42. The fourth-order valence-electron chi connectivity index (χ4n) is 2.77. The summed E-state index contributed by atoms with van der Waals surface area (Å²) in [7, 11) is 1.33. The Labute approximate surface area is 151 Å². The Morgan fingerprint density at radius 1 is 1.29 bits per heavy atom. The first kappa shape index (κ1) is 18.9. The first-order valence-corrected chi connectivity index (χ1v) is 8.41. The van der Waals surface area contributed by atoms with E-state index in [0.717, 1.165) is 5.56 Å². The van der Waals surface area contributed by atoms with E-state index in [4.69, 9.17) is 32.7 Å². The van der Waals surface area contributed by atoms with Crippen LogP contribution in [-0.2, 0) is 19.1 Å². The van der Waals surface area contributed by atoms with Crippen molar-refractivity contribution in [1.29, 1.82) is 0 Å². The molecular formula is C17H21Cl2NO4. The summed E-state index contributed by atoms with van der Waals surface area (Å²) in [5, 5.41) is 4.04. The first-order valence-electron chi connectivity index (χ1n) is 7.66. The highest BCUT2D eigenvalue weighted by molar-refractivity contribution is 6.35. The van der Waals surface area contributed by atoms with E-state index in [-0.39, 0.29) is 24.3 Å². The molecule has 1 heterocycles. The van der Waals surface area contributed by atoms with Crippen LogP contribution in [0.4, 0.5) is 5.69 Å². The van der Waals surface area contributed by atoms with Gasteiger partial charge in [-0.05, 0) is 44.9 Å². The SMILES string of the molecule is COC(=O)C[C@@H]1C[C@@H](C(=O)OC(C)(C)C)Nc2cc(Cl)cc(Cl)c21. The minimum atomic E-state index is -0.594. The number of hydrogen-bond acceptors (Lipinski definition) is 5. The molecule has 24 heavy (non-hydrogen) atoms. The van der Waals surface area contributed by atoms with Crippen molar-refractivity contribution >= 4 is 40.8 Å². The average Bonchev–Trinajstić information content (AvgIpc) is 2.44. The van der Waals surface area contributed by atoms with Gasteiger partial charge in [0.25, 0.3) is 0 Å². The number of ether oxygens (including phenoxy) is 2. The van der Waals surface area contributed by atoms with Gasteiger partial charge in [-0.3, -0.25) is 4.79 Å². The fraction of sp³-hybridized carbons (Fsp3) is 0.529. The number of carbonyl (C=O) groups is 2. The van der Waals surface area contributed by atoms with E-state index in [1.54, 1.807) is 32.9 Å². The zero-order chi connectivity index (χ0) is 18.1. The molecule has 0 saturated carbocycles. The van der Waals surface area contributed by atoms with Gasteiger partial charge in [0.1, 0.15) is 11.6 Å². The normalized spacial score (nSPS) is 19.9. The quantitative estimate of drug-likeness (QED) is 0.805. The topological polar surface area (TPSA) is 64.6 Å². The molecule has 1 aromatic rings. The number of esters is 2. The maximum absolute atomic E-state index is 12.4. The van der Waals surface area contributed by atoms with Crippen molar-refractivity contribution in [3.8, 4) is 0 Å². The smallest absolute Gasteiger partial charge is 0.329 e. The third kappa shape index (κ3) is 4.54. The van der Waals surface area contributed by atoms with Crippen LogP contribution in [0.25, 0.3) is 0 Å². The molecule has 0 amide bonds. The average molecular weight is 374 g/mol. The summed E-state index contributed by atoms with van der Waals surface area (Å²) in [5.74, 6) is -0.989. The molecule has 0 radical (unpaired) electrons. The summed E-state index contributed by atoms with van der Waals surface area (Å²) >= 11 is 12.4. The van der Waals surface area contributed by atoms with Gasteiger partial charge in [0.05, 0.1) is 13.5 Å². The number of fused-ring (bicyclic) bond motifs is 1. The largest absolute Gasteiger partial charge is 0.469 e. The second-order valence-corrected chi connectivity index (χ2v) is 7.64. The summed E-state index contributed by atoms with van der Waals surface area (Å²) in [4.78, 5) is 24.2. The number of halogens is 2. The number of benzene rings is 1. The number of methoxy groups -OCH3 is 1. The van der Waals surface area contributed by atoms with Gasteiger partial charge in [0.15, 0.2) is 0 Å². The highest BCUT2D eigenvalue weighted by Crippen LogP contribution is 2.43. The molecule has 0 aliphatic carbocycles. The molecule has 1 aromatic carbocycles. The third-order valence-electron chi connectivity index (χ3n) is 3.68. The number of anilines is 1. The second kappa shape index (κ2) is 7.19. The molecule has 5 nitrogen and oxygen atoms in total. The molecule has 1 aliphatic rings. The monoisotopic (exact) mass is 373 g/mol. The molecule has 0 spiro atoms. The Hall–Kier alpha value is -1.46. The fourth-order valence-corrected chi connectivity index (χ4v) is 3.41. The summed E-state index contributed by atoms with van der Waals surface area (Å²) < 4.78 is 10.2. The van der Waals surface area contributed by atoms with Gasteiger partial charge >= 0.3 is 11.9 Å². The van der Waals surface area contributed by atoms with E-state index in [2.05, 4.69) is 5.32 Å². The number of nitrogens with one attached hydrogen (secondary N) is 1. The van der Waals surface area contributed by atoms with Gasteiger partial charge in [0.2, 0.25) is 0 Å². The standard InChI is InChI=1S/C17H21Cl2NO4/c1-17(2,3)24-16(22)13-5-9(6-14(21)23-4)15-11(19)7-10(18)8-12(15)20-13/h7-9,13,20H,5-6H2,1-4H3/t9-,13-/m0/s1. The molecule has 0 bridgehead atoms. The van der Waals surface area contributed by atoms with Gasteiger partial charge in [-0.2, -0.15) is 0 Å². The summed E-state index contributed by atoms with van der Waals surface area (Å²) in [6.07, 6.45) is 0.518. The third-order valence-corrected chi connectivity index (χ3v) is 4.22. The van der Waals surface area contributed by atoms with Crippen LogP contribution in [0.3, 0.4) is 0 Å². The van der Waals surface area contributed by atoms with Gasteiger partial charge in [-0.25, -0.2) is 4.79 Å². The molecule has 2 rings (SSSR count). The highest BCUT2D eigenvalue weighted by Gasteiger charge is 2.36. The van der Waals surface area contributed by atoms with Gasteiger partial charge in [-0.15, -0.1) is 0 Å². The zero-order valence-electron chi connectivity index (χ0n) is 14.1. The van der Waals surface area contributed by atoms with E-state index in [9.17, 15) is 9.59 Å². The molecular weight excluding hydrogens is 353 g/mol. The Kier molecular flexibility index (Phi) is 5.66. The van der Waals surface area contributed by atoms with Crippen LogP contribution in [0.15, 0.2) is 12.1 Å². The Balaban J connectivity index is 2.34. The molecule has 1 aliphatic heterocycles. The number of rotatable bonds is 3. The van der Waals surface area contributed by atoms with E-state index < -0.39 is 11.6 Å². The van der Waals surface area contributed by atoms with Crippen LogP contribution in [0.2, 0.25) is 10.0 Å².